The molecule has 1 nitrogen and oxygen atoms in total. The van der Waals surface area contributed by atoms with E-state index in [0.717, 1.165) is 24.8 Å². The Bertz CT molecular complexity index is 414. The minimum Gasteiger partial charge on any atom is -0.385 e. The molecule has 16 heavy (non-hydrogen) atoms. The predicted octanol–water partition coefficient (Wildman–Crippen LogP) is 4.01. The molecule has 0 radical (unpaired) electrons. The molecule has 0 spiro atoms. The first-order chi connectivity index (χ1) is 7.59. The molecule has 1 atom stereocenters. The average molecular weight is 257 g/mol. The topological polar surface area (TPSA) is 20.2 Å². The smallest absolute Gasteiger partial charge is 0.0868 e. The highest BCUT2D eigenvalue weighted by atomic mass is 35.5. The number of benzene rings is 1. The highest BCUT2D eigenvalue weighted by Crippen LogP contribution is 2.29. The van der Waals surface area contributed by atoms with Gasteiger partial charge < -0.3 is 5.11 Å². The first-order valence-corrected chi connectivity index (χ1v) is 6.19. The fourth-order valence-electron chi connectivity index (χ4n) is 2.06. The van der Waals surface area contributed by atoms with Crippen molar-refractivity contribution in [1.82, 2.24) is 0 Å². The molecular formula is C13H14Cl2O. The van der Waals surface area contributed by atoms with Crippen LogP contribution in [0.25, 0.3) is 0 Å². The van der Waals surface area contributed by atoms with Crippen molar-refractivity contribution in [3.05, 3.63) is 46.0 Å². The Morgan fingerprint density at radius 2 is 2.06 bits per heavy atom. The van der Waals surface area contributed by atoms with E-state index >= 15 is 0 Å². The maximum atomic E-state index is 10.3. The summed E-state index contributed by atoms with van der Waals surface area (Å²) in [7, 11) is 0. The van der Waals surface area contributed by atoms with Gasteiger partial charge in [-0.25, -0.2) is 0 Å². The molecule has 0 fully saturated rings. The van der Waals surface area contributed by atoms with Crippen molar-refractivity contribution in [2.75, 3.05) is 0 Å². The van der Waals surface area contributed by atoms with Gasteiger partial charge in [0.2, 0.25) is 0 Å². The summed E-state index contributed by atoms with van der Waals surface area (Å²) in [6.07, 6.45) is 7.45. The van der Waals surface area contributed by atoms with E-state index < -0.39 is 5.60 Å². The Morgan fingerprint density at radius 1 is 1.25 bits per heavy atom. The van der Waals surface area contributed by atoms with Crippen molar-refractivity contribution >= 4 is 23.2 Å². The summed E-state index contributed by atoms with van der Waals surface area (Å²) >= 11 is 11.8. The highest BCUT2D eigenvalue weighted by Gasteiger charge is 2.25. The molecule has 0 saturated heterocycles. The van der Waals surface area contributed by atoms with E-state index in [9.17, 15) is 5.11 Å². The van der Waals surface area contributed by atoms with Crippen LogP contribution in [0.4, 0.5) is 0 Å². The zero-order valence-corrected chi connectivity index (χ0v) is 10.4. The van der Waals surface area contributed by atoms with E-state index in [2.05, 4.69) is 0 Å². The largest absolute Gasteiger partial charge is 0.385 e. The lowest BCUT2D eigenvalue weighted by molar-refractivity contribution is 0.0751. The lowest BCUT2D eigenvalue weighted by Crippen LogP contribution is -2.30. The zero-order chi connectivity index (χ0) is 11.6. The number of rotatable bonds is 2. The monoisotopic (exact) mass is 256 g/mol. The van der Waals surface area contributed by atoms with Crippen molar-refractivity contribution in [1.29, 1.82) is 0 Å². The Hall–Kier alpha value is -0.500. The number of hydrogen-bond donors (Lipinski definition) is 1. The molecule has 1 aliphatic carbocycles. The van der Waals surface area contributed by atoms with Gasteiger partial charge in [0.1, 0.15) is 0 Å². The fraction of sp³-hybridized carbons (Fsp3) is 0.385. The Balaban J connectivity index is 2.17. The van der Waals surface area contributed by atoms with Crippen LogP contribution in [-0.4, -0.2) is 10.7 Å². The second kappa shape index (κ2) is 4.79. The van der Waals surface area contributed by atoms with Crippen LogP contribution in [0, 0.1) is 0 Å². The molecule has 0 heterocycles. The molecule has 3 heteroatoms. The average Bonchev–Trinajstić information content (AvgIpc) is 2.24. The van der Waals surface area contributed by atoms with Gasteiger partial charge in [0, 0.05) is 6.42 Å². The predicted molar refractivity (Wildman–Crippen MR) is 68.1 cm³/mol. The normalized spacial score (nSPS) is 24.7. The van der Waals surface area contributed by atoms with Gasteiger partial charge in [-0.2, -0.15) is 0 Å². The van der Waals surface area contributed by atoms with E-state index in [1.165, 1.54) is 0 Å². The molecule has 0 saturated carbocycles. The van der Waals surface area contributed by atoms with Gasteiger partial charge in [0.25, 0.3) is 0 Å². The maximum absolute atomic E-state index is 10.3. The number of hydrogen-bond acceptors (Lipinski definition) is 1. The summed E-state index contributed by atoms with van der Waals surface area (Å²) in [5.74, 6) is 0. The van der Waals surface area contributed by atoms with E-state index in [0.29, 0.717) is 16.5 Å². The van der Waals surface area contributed by atoms with E-state index in [-0.39, 0.29) is 0 Å². The summed E-state index contributed by atoms with van der Waals surface area (Å²) in [4.78, 5) is 0. The van der Waals surface area contributed by atoms with Crippen LogP contribution in [0.2, 0.25) is 10.0 Å². The van der Waals surface area contributed by atoms with Gasteiger partial charge in [-0.05, 0) is 37.0 Å². The summed E-state index contributed by atoms with van der Waals surface area (Å²) < 4.78 is 0. The summed E-state index contributed by atoms with van der Waals surface area (Å²) in [5.41, 5.74) is 0.304. The molecule has 1 aromatic carbocycles. The zero-order valence-electron chi connectivity index (χ0n) is 8.92. The molecule has 0 amide bonds. The van der Waals surface area contributed by atoms with E-state index in [1.54, 1.807) is 6.07 Å². The molecule has 1 unspecified atom stereocenters. The molecule has 2 rings (SSSR count). The van der Waals surface area contributed by atoms with Crippen LogP contribution in [0.3, 0.4) is 0 Å². The Morgan fingerprint density at radius 3 is 2.69 bits per heavy atom. The SMILES string of the molecule is OC1(Cc2ccc(Cl)c(Cl)c2)C=CCCC1. The Kier molecular flexibility index (Phi) is 3.58. The van der Waals surface area contributed by atoms with Crippen molar-refractivity contribution in [3.63, 3.8) is 0 Å². The molecule has 0 aliphatic heterocycles. The molecule has 86 valence electrons. The van der Waals surface area contributed by atoms with Crippen LogP contribution in [0.1, 0.15) is 24.8 Å². The quantitative estimate of drug-likeness (QED) is 0.794. The van der Waals surface area contributed by atoms with Crippen LogP contribution < -0.4 is 0 Å². The summed E-state index contributed by atoms with van der Waals surface area (Å²) in [6.45, 7) is 0. The van der Waals surface area contributed by atoms with Gasteiger partial charge in [0.15, 0.2) is 0 Å². The third kappa shape index (κ3) is 2.79. The third-order valence-electron chi connectivity index (χ3n) is 2.90. The van der Waals surface area contributed by atoms with Gasteiger partial charge in [-0.1, -0.05) is 41.4 Å². The van der Waals surface area contributed by atoms with E-state index in [4.69, 9.17) is 23.2 Å². The summed E-state index contributed by atoms with van der Waals surface area (Å²) in [6, 6.07) is 5.51. The summed E-state index contributed by atoms with van der Waals surface area (Å²) in [5, 5.41) is 11.4. The number of allylic oxidation sites excluding steroid dienone is 1. The highest BCUT2D eigenvalue weighted by molar-refractivity contribution is 6.42. The van der Waals surface area contributed by atoms with Crippen LogP contribution in [0.5, 0.6) is 0 Å². The number of aliphatic hydroxyl groups is 1. The lowest BCUT2D eigenvalue weighted by atomic mass is 9.85. The van der Waals surface area contributed by atoms with E-state index in [1.807, 2.05) is 24.3 Å². The van der Waals surface area contributed by atoms with Gasteiger partial charge >= 0.3 is 0 Å². The molecular weight excluding hydrogens is 243 g/mol. The van der Waals surface area contributed by atoms with Crippen molar-refractivity contribution in [2.24, 2.45) is 0 Å². The van der Waals surface area contributed by atoms with Crippen LogP contribution in [-0.2, 0) is 6.42 Å². The van der Waals surface area contributed by atoms with Crippen molar-refractivity contribution in [3.8, 4) is 0 Å². The van der Waals surface area contributed by atoms with Gasteiger partial charge in [-0.15, -0.1) is 0 Å². The number of halogens is 2. The second-order valence-corrected chi connectivity index (χ2v) is 5.14. The minimum absolute atomic E-state index is 0.544. The van der Waals surface area contributed by atoms with Gasteiger partial charge in [-0.3, -0.25) is 0 Å². The third-order valence-corrected chi connectivity index (χ3v) is 3.64. The Labute approximate surface area is 106 Å². The minimum atomic E-state index is -0.713. The molecule has 1 aliphatic rings. The molecule has 0 aromatic heterocycles. The van der Waals surface area contributed by atoms with Crippen LogP contribution >= 0.6 is 23.2 Å². The molecule has 0 bridgehead atoms. The van der Waals surface area contributed by atoms with Gasteiger partial charge in [0.05, 0.1) is 15.6 Å². The lowest BCUT2D eigenvalue weighted by Gasteiger charge is -2.27. The first kappa shape index (κ1) is 12.0. The first-order valence-electron chi connectivity index (χ1n) is 5.43. The molecule has 1 aromatic rings. The molecule has 1 N–H and O–H groups in total. The van der Waals surface area contributed by atoms with Crippen molar-refractivity contribution in [2.45, 2.75) is 31.3 Å². The fourth-order valence-corrected chi connectivity index (χ4v) is 2.38. The standard InChI is InChI=1S/C13H14Cl2O/c14-11-5-4-10(8-12(11)15)9-13(16)6-2-1-3-7-13/h2,4-6,8,16H,1,3,7,9H2. The van der Waals surface area contributed by atoms with Crippen LogP contribution in [0.15, 0.2) is 30.4 Å². The maximum Gasteiger partial charge on any atom is 0.0868 e. The van der Waals surface area contributed by atoms with Crippen molar-refractivity contribution < 1.29 is 5.11 Å². The second-order valence-electron chi connectivity index (χ2n) is 4.32.